The summed E-state index contributed by atoms with van der Waals surface area (Å²) in [4.78, 5) is 25.5. The molecule has 106 valence electrons. The van der Waals surface area contributed by atoms with Crippen LogP contribution in [0.5, 0.6) is 0 Å². The van der Waals surface area contributed by atoms with E-state index in [9.17, 15) is 4.79 Å². The Morgan fingerprint density at radius 3 is 2.10 bits per heavy atom. The zero-order valence-corrected chi connectivity index (χ0v) is 11.8. The second-order valence-electron chi connectivity index (χ2n) is 3.20. The zero-order valence-electron chi connectivity index (χ0n) is 10.3. The SMILES string of the molecule is COC(=O)c1cnc(Cl)cn1.OCc1cnc(Cl)cn1. The fraction of sp³-hybridized carbons (Fsp3) is 0.182. The molecule has 0 amide bonds. The maximum absolute atomic E-state index is 10.8. The molecule has 7 nitrogen and oxygen atoms in total. The van der Waals surface area contributed by atoms with E-state index in [1.54, 1.807) is 0 Å². The molecular formula is C11H10Cl2N4O3. The Morgan fingerprint density at radius 1 is 1.10 bits per heavy atom. The van der Waals surface area contributed by atoms with Crippen molar-refractivity contribution in [2.45, 2.75) is 6.61 Å². The second-order valence-corrected chi connectivity index (χ2v) is 3.98. The van der Waals surface area contributed by atoms with Crippen molar-refractivity contribution in [3.05, 3.63) is 46.5 Å². The van der Waals surface area contributed by atoms with Gasteiger partial charge in [-0.25, -0.2) is 19.7 Å². The van der Waals surface area contributed by atoms with Crippen molar-refractivity contribution in [1.29, 1.82) is 0 Å². The molecule has 1 N–H and O–H groups in total. The molecule has 0 bridgehead atoms. The standard InChI is InChI=1S/C6H5ClN2O2.C5H5ClN2O/c1-11-6(10)4-2-9-5(7)3-8-4;6-5-2-7-4(3-9)1-8-5/h2-3H,1H3;1-2,9H,3H2. The van der Waals surface area contributed by atoms with E-state index in [1.165, 1.54) is 31.9 Å². The summed E-state index contributed by atoms with van der Waals surface area (Å²) >= 11 is 10.8. The predicted molar refractivity (Wildman–Crippen MR) is 71.3 cm³/mol. The Hall–Kier alpha value is -1.83. The van der Waals surface area contributed by atoms with E-state index in [0.29, 0.717) is 10.8 Å². The molecule has 0 unspecified atom stereocenters. The Labute approximate surface area is 124 Å². The van der Waals surface area contributed by atoms with Crippen molar-refractivity contribution in [3.63, 3.8) is 0 Å². The molecule has 0 atom stereocenters. The lowest BCUT2D eigenvalue weighted by molar-refractivity contribution is 0.0593. The smallest absolute Gasteiger partial charge is 0.358 e. The highest BCUT2D eigenvalue weighted by Crippen LogP contribution is 2.01. The number of hydrogen-bond acceptors (Lipinski definition) is 7. The van der Waals surface area contributed by atoms with Crippen LogP contribution in [0.25, 0.3) is 0 Å². The molecule has 0 saturated carbocycles. The molecule has 0 aliphatic carbocycles. The molecule has 9 heteroatoms. The highest BCUT2D eigenvalue weighted by Gasteiger charge is 2.05. The number of aliphatic hydroxyl groups excluding tert-OH is 1. The summed E-state index contributed by atoms with van der Waals surface area (Å²) in [5.74, 6) is -0.519. The molecule has 2 rings (SSSR count). The van der Waals surface area contributed by atoms with Crippen LogP contribution in [0.4, 0.5) is 0 Å². The van der Waals surface area contributed by atoms with Crippen molar-refractivity contribution in [2.75, 3.05) is 7.11 Å². The summed E-state index contributed by atoms with van der Waals surface area (Å²) in [6, 6.07) is 0. The Balaban J connectivity index is 0.000000204. The first-order valence-corrected chi connectivity index (χ1v) is 5.95. The fourth-order valence-electron chi connectivity index (χ4n) is 0.943. The van der Waals surface area contributed by atoms with E-state index in [-0.39, 0.29) is 17.5 Å². The van der Waals surface area contributed by atoms with Gasteiger partial charge >= 0.3 is 5.97 Å². The van der Waals surface area contributed by atoms with Gasteiger partial charge in [-0.2, -0.15) is 0 Å². The maximum Gasteiger partial charge on any atom is 0.358 e. The third-order valence-electron chi connectivity index (χ3n) is 1.85. The number of carbonyl (C=O) groups is 1. The minimum absolute atomic E-state index is 0.0931. The average molecular weight is 317 g/mol. The third-order valence-corrected chi connectivity index (χ3v) is 2.24. The average Bonchev–Trinajstić information content (AvgIpc) is 2.49. The second kappa shape index (κ2) is 8.36. The van der Waals surface area contributed by atoms with Crippen molar-refractivity contribution in [3.8, 4) is 0 Å². The van der Waals surface area contributed by atoms with Crippen molar-refractivity contribution >= 4 is 29.2 Å². The quantitative estimate of drug-likeness (QED) is 0.839. The van der Waals surface area contributed by atoms with Crippen LogP contribution < -0.4 is 0 Å². The minimum Gasteiger partial charge on any atom is -0.464 e. The van der Waals surface area contributed by atoms with Gasteiger partial charge in [-0.1, -0.05) is 23.2 Å². The van der Waals surface area contributed by atoms with Gasteiger partial charge in [0.25, 0.3) is 0 Å². The first-order chi connectivity index (χ1) is 9.56. The lowest BCUT2D eigenvalue weighted by atomic mass is 10.5. The number of rotatable bonds is 2. The van der Waals surface area contributed by atoms with Crippen molar-refractivity contribution in [1.82, 2.24) is 19.9 Å². The number of hydrogen-bond donors (Lipinski definition) is 1. The summed E-state index contributed by atoms with van der Waals surface area (Å²) in [5.41, 5.74) is 0.677. The topological polar surface area (TPSA) is 98.1 Å². The maximum atomic E-state index is 10.8. The number of nitrogens with zero attached hydrogens (tertiary/aromatic N) is 4. The highest BCUT2D eigenvalue weighted by molar-refractivity contribution is 6.29. The molecule has 0 spiro atoms. The molecule has 20 heavy (non-hydrogen) atoms. The van der Waals surface area contributed by atoms with Gasteiger partial charge < -0.3 is 9.84 Å². The first-order valence-electron chi connectivity index (χ1n) is 5.20. The summed E-state index contributed by atoms with van der Waals surface area (Å²) in [6.07, 6.45) is 5.37. The van der Waals surface area contributed by atoms with E-state index in [4.69, 9.17) is 28.3 Å². The van der Waals surface area contributed by atoms with Crippen LogP contribution in [-0.4, -0.2) is 38.1 Å². The number of esters is 1. The minimum atomic E-state index is -0.519. The van der Waals surface area contributed by atoms with Crippen LogP contribution in [0.15, 0.2) is 24.8 Å². The molecule has 0 aliphatic rings. The van der Waals surface area contributed by atoms with Crippen LogP contribution in [-0.2, 0) is 11.3 Å². The van der Waals surface area contributed by atoms with Crippen LogP contribution in [0, 0.1) is 0 Å². The van der Waals surface area contributed by atoms with Crippen molar-refractivity contribution in [2.24, 2.45) is 0 Å². The number of methoxy groups -OCH3 is 1. The van der Waals surface area contributed by atoms with Crippen molar-refractivity contribution < 1.29 is 14.6 Å². The van der Waals surface area contributed by atoms with E-state index < -0.39 is 5.97 Å². The van der Waals surface area contributed by atoms with Gasteiger partial charge in [0.1, 0.15) is 10.3 Å². The van der Waals surface area contributed by atoms with Gasteiger partial charge in [-0.3, -0.25) is 4.98 Å². The largest absolute Gasteiger partial charge is 0.464 e. The summed E-state index contributed by atoms with van der Waals surface area (Å²) in [5, 5.41) is 9.07. The molecule has 0 fully saturated rings. The van der Waals surface area contributed by atoms with Gasteiger partial charge in [0, 0.05) is 0 Å². The van der Waals surface area contributed by atoms with Crippen LogP contribution in [0.2, 0.25) is 10.3 Å². The number of halogens is 2. The van der Waals surface area contributed by atoms with Crippen LogP contribution >= 0.6 is 23.2 Å². The lowest BCUT2D eigenvalue weighted by Crippen LogP contribution is -2.04. The predicted octanol–water partition coefficient (Wildman–Crippen LogP) is 1.54. The molecule has 2 aromatic rings. The molecule has 2 aromatic heterocycles. The van der Waals surface area contributed by atoms with Gasteiger partial charge in [-0.05, 0) is 0 Å². The van der Waals surface area contributed by atoms with Gasteiger partial charge in [-0.15, -0.1) is 0 Å². The summed E-state index contributed by atoms with van der Waals surface area (Å²) in [6.45, 7) is -0.0931. The van der Waals surface area contributed by atoms with E-state index in [2.05, 4.69) is 24.7 Å². The normalized spacial score (nSPS) is 9.40. The van der Waals surface area contributed by atoms with Gasteiger partial charge in [0.2, 0.25) is 0 Å². The Kier molecular flexibility index (Phi) is 6.78. The number of aromatic nitrogens is 4. The Bertz CT molecular complexity index is 549. The summed E-state index contributed by atoms with van der Waals surface area (Å²) < 4.78 is 4.39. The Morgan fingerprint density at radius 2 is 1.70 bits per heavy atom. The highest BCUT2D eigenvalue weighted by atomic mass is 35.5. The fourth-order valence-corrected chi connectivity index (χ4v) is 1.14. The molecule has 0 saturated heterocycles. The number of aliphatic hydroxyl groups is 1. The third kappa shape index (κ3) is 5.43. The van der Waals surface area contributed by atoms with E-state index >= 15 is 0 Å². The molecule has 0 aliphatic heterocycles. The van der Waals surface area contributed by atoms with Gasteiger partial charge in [0.05, 0.1) is 44.2 Å². The van der Waals surface area contributed by atoms with Crippen LogP contribution in [0.3, 0.4) is 0 Å². The summed E-state index contributed by atoms with van der Waals surface area (Å²) in [7, 11) is 1.28. The van der Waals surface area contributed by atoms with E-state index in [0.717, 1.165) is 0 Å². The van der Waals surface area contributed by atoms with Crippen LogP contribution in [0.1, 0.15) is 16.2 Å². The molecular weight excluding hydrogens is 307 g/mol. The number of ether oxygens (including phenoxy) is 1. The van der Waals surface area contributed by atoms with Gasteiger partial charge in [0.15, 0.2) is 5.69 Å². The lowest BCUT2D eigenvalue weighted by Gasteiger charge is -1.95. The monoisotopic (exact) mass is 316 g/mol. The molecule has 2 heterocycles. The molecule has 0 radical (unpaired) electrons. The first kappa shape index (κ1) is 16.2. The zero-order chi connectivity index (χ0) is 15.0. The molecule has 0 aromatic carbocycles. The van der Waals surface area contributed by atoms with E-state index in [1.807, 2.05) is 0 Å². The number of carbonyl (C=O) groups excluding carboxylic acids is 1.